The number of hydrogen-bond donors (Lipinski definition) is 0. The fraction of sp³-hybridized carbons (Fsp3) is 0.526. The molecular weight excluding hydrogens is 334 g/mol. The molecular formula is C19H29N3O4. The Labute approximate surface area is 155 Å². The number of pyridine rings is 1. The molecule has 0 saturated heterocycles. The van der Waals surface area contributed by atoms with Gasteiger partial charge in [0.25, 0.3) is 0 Å². The van der Waals surface area contributed by atoms with E-state index in [0.29, 0.717) is 12.4 Å². The molecule has 0 aromatic carbocycles. The van der Waals surface area contributed by atoms with E-state index in [0.717, 1.165) is 5.56 Å². The van der Waals surface area contributed by atoms with Gasteiger partial charge >= 0.3 is 6.09 Å². The van der Waals surface area contributed by atoms with Gasteiger partial charge in [-0.15, -0.1) is 0 Å². The maximum absolute atomic E-state index is 12.4. The summed E-state index contributed by atoms with van der Waals surface area (Å²) in [6.07, 6.45) is 4.33. The summed E-state index contributed by atoms with van der Waals surface area (Å²) in [5.41, 5.74) is 0.446. The van der Waals surface area contributed by atoms with Gasteiger partial charge in [-0.05, 0) is 33.3 Å². The van der Waals surface area contributed by atoms with Gasteiger partial charge in [-0.2, -0.15) is 0 Å². The van der Waals surface area contributed by atoms with Crippen LogP contribution in [0.15, 0.2) is 30.5 Å². The van der Waals surface area contributed by atoms with Crippen molar-refractivity contribution in [3.05, 3.63) is 36.0 Å². The van der Waals surface area contributed by atoms with Crippen molar-refractivity contribution in [1.82, 2.24) is 14.8 Å². The molecule has 26 heavy (non-hydrogen) atoms. The molecule has 1 rings (SSSR count). The van der Waals surface area contributed by atoms with Crippen molar-refractivity contribution in [2.45, 2.75) is 33.3 Å². The third-order valence-corrected chi connectivity index (χ3v) is 3.17. The third kappa shape index (κ3) is 8.50. The van der Waals surface area contributed by atoms with E-state index in [1.54, 1.807) is 53.2 Å². The number of amides is 2. The molecule has 2 amide bonds. The van der Waals surface area contributed by atoms with E-state index in [2.05, 4.69) is 4.98 Å². The van der Waals surface area contributed by atoms with Gasteiger partial charge in [-0.1, -0.05) is 12.1 Å². The first-order valence-electron chi connectivity index (χ1n) is 8.49. The van der Waals surface area contributed by atoms with Crippen molar-refractivity contribution >= 4 is 12.0 Å². The largest absolute Gasteiger partial charge is 0.476 e. The van der Waals surface area contributed by atoms with E-state index in [1.807, 2.05) is 13.0 Å². The lowest BCUT2D eigenvalue weighted by Crippen LogP contribution is -2.39. The highest BCUT2D eigenvalue weighted by molar-refractivity contribution is 5.87. The van der Waals surface area contributed by atoms with Crippen LogP contribution in [0.25, 0.3) is 0 Å². The third-order valence-electron chi connectivity index (χ3n) is 3.17. The quantitative estimate of drug-likeness (QED) is 0.697. The Morgan fingerprint density at radius 2 is 1.92 bits per heavy atom. The molecule has 0 aliphatic heterocycles. The van der Waals surface area contributed by atoms with Crippen LogP contribution in [-0.4, -0.2) is 66.2 Å². The predicted molar refractivity (Wildman–Crippen MR) is 100 cm³/mol. The van der Waals surface area contributed by atoms with Crippen molar-refractivity contribution in [3.63, 3.8) is 0 Å². The van der Waals surface area contributed by atoms with Crippen molar-refractivity contribution in [2.75, 3.05) is 33.8 Å². The molecule has 0 spiro atoms. The molecule has 0 atom stereocenters. The highest BCUT2D eigenvalue weighted by Gasteiger charge is 2.21. The molecule has 7 nitrogen and oxygen atoms in total. The molecule has 0 aliphatic rings. The Morgan fingerprint density at radius 1 is 1.23 bits per heavy atom. The maximum atomic E-state index is 12.4. The molecule has 1 aromatic heterocycles. The molecule has 144 valence electrons. The molecule has 0 radical (unpaired) electrons. The fourth-order valence-corrected chi connectivity index (χ4v) is 1.81. The van der Waals surface area contributed by atoms with Crippen molar-refractivity contribution in [1.29, 1.82) is 0 Å². The monoisotopic (exact) mass is 363 g/mol. The van der Waals surface area contributed by atoms with Gasteiger partial charge in [0.1, 0.15) is 12.2 Å². The highest BCUT2D eigenvalue weighted by Crippen LogP contribution is 2.11. The minimum Gasteiger partial charge on any atom is -0.476 e. The summed E-state index contributed by atoms with van der Waals surface area (Å²) in [6.45, 7) is 8.20. The van der Waals surface area contributed by atoms with Crippen LogP contribution < -0.4 is 4.74 Å². The summed E-state index contributed by atoms with van der Waals surface area (Å²) in [6, 6.07) is 3.69. The molecule has 1 heterocycles. The molecule has 0 aliphatic carbocycles. The summed E-state index contributed by atoms with van der Waals surface area (Å²) in [5, 5.41) is 0. The molecule has 1 aromatic rings. The van der Waals surface area contributed by atoms with Gasteiger partial charge in [0.2, 0.25) is 11.8 Å². The number of likely N-dealkylation sites (N-methyl/N-ethyl adjacent to an activating group) is 1. The van der Waals surface area contributed by atoms with Gasteiger partial charge in [-0.3, -0.25) is 4.79 Å². The van der Waals surface area contributed by atoms with E-state index < -0.39 is 11.7 Å². The number of nitrogens with zero attached hydrogens (tertiary/aromatic N) is 3. The smallest absolute Gasteiger partial charge is 0.410 e. The lowest BCUT2D eigenvalue weighted by molar-refractivity contribution is -0.123. The SMILES string of the molecule is Cc1ccc(OCCN(C/C=C/C(=O)N(C)C)C(=O)OC(C)(C)C)nc1. The Hall–Kier alpha value is -2.57. The average molecular weight is 363 g/mol. The molecule has 0 bridgehead atoms. The van der Waals surface area contributed by atoms with Crippen LogP contribution in [-0.2, 0) is 9.53 Å². The lowest BCUT2D eigenvalue weighted by Gasteiger charge is -2.26. The van der Waals surface area contributed by atoms with Gasteiger partial charge in [-0.25, -0.2) is 9.78 Å². The Balaban J connectivity index is 2.65. The second-order valence-electron chi connectivity index (χ2n) is 7.08. The van der Waals surface area contributed by atoms with Crippen molar-refractivity contribution in [3.8, 4) is 5.88 Å². The zero-order valence-corrected chi connectivity index (χ0v) is 16.5. The number of ether oxygens (including phenoxy) is 2. The van der Waals surface area contributed by atoms with Gasteiger partial charge in [0, 0.05) is 39.0 Å². The zero-order valence-electron chi connectivity index (χ0n) is 16.5. The number of aryl methyl sites for hydroxylation is 1. The molecule has 0 unspecified atom stereocenters. The van der Waals surface area contributed by atoms with Crippen LogP contribution in [0.5, 0.6) is 5.88 Å². The summed E-state index contributed by atoms with van der Waals surface area (Å²) in [7, 11) is 3.33. The summed E-state index contributed by atoms with van der Waals surface area (Å²) in [4.78, 5) is 31.1. The van der Waals surface area contributed by atoms with Crippen molar-refractivity contribution in [2.24, 2.45) is 0 Å². The number of carbonyl (C=O) groups is 2. The van der Waals surface area contributed by atoms with Gasteiger partial charge in [0.15, 0.2) is 0 Å². The summed E-state index contributed by atoms with van der Waals surface area (Å²) in [5.74, 6) is 0.354. The highest BCUT2D eigenvalue weighted by atomic mass is 16.6. The van der Waals surface area contributed by atoms with Crippen LogP contribution in [0, 0.1) is 6.92 Å². The summed E-state index contributed by atoms with van der Waals surface area (Å²) >= 11 is 0. The fourth-order valence-electron chi connectivity index (χ4n) is 1.81. The number of aromatic nitrogens is 1. The minimum atomic E-state index is -0.599. The number of rotatable bonds is 7. The van der Waals surface area contributed by atoms with Gasteiger partial charge < -0.3 is 19.3 Å². The molecule has 7 heteroatoms. The Morgan fingerprint density at radius 3 is 2.46 bits per heavy atom. The minimum absolute atomic E-state index is 0.144. The van der Waals surface area contributed by atoms with Crippen LogP contribution in [0.3, 0.4) is 0 Å². The Bertz CT molecular complexity index is 619. The van der Waals surface area contributed by atoms with Crippen molar-refractivity contribution < 1.29 is 19.1 Å². The first kappa shape index (κ1) is 21.5. The predicted octanol–water partition coefficient (Wildman–Crippen LogP) is 2.65. The lowest BCUT2D eigenvalue weighted by atomic mass is 10.2. The average Bonchev–Trinajstić information content (AvgIpc) is 2.53. The molecule has 0 saturated carbocycles. The Kier molecular flexibility index (Phi) is 8.09. The maximum Gasteiger partial charge on any atom is 0.410 e. The molecule has 0 fully saturated rings. The van der Waals surface area contributed by atoms with E-state index in [4.69, 9.17) is 9.47 Å². The van der Waals surface area contributed by atoms with E-state index in [-0.39, 0.29) is 19.1 Å². The van der Waals surface area contributed by atoms with Crippen LogP contribution in [0.1, 0.15) is 26.3 Å². The molecule has 0 N–H and O–H groups in total. The standard InChI is InChI=1S/C19H29N3O4/c1-15-9-10-16(20-14-15)25-13-12-22(18(24)26-19(2,3)4)11-7-8-17(23)21(5)6/h7-10,14H,11-13H2,1-6H3/b8-7+. The first-order chi connectivity index (χ1) is 12.1. The topological polar surface area (TPSA) is 72.0 Å². The van der Waals surface area contributed by atoms with Gasteiger partial charge in [0.05, 0.1) is 6.54 Å². The van der Waals surface area contributed by atoms with Crippen LogP contribution >= 0.6 is 0 Å². The van der Waals surface area contributed by atoms with Crippen LogP contribution in [0.4, 0.5) is 4.79 Å². The number of hydrogen-bond acceptors (Lipinski definition) is 5. The van der Waals surface area contributed by atoms with Crippen LogP contribution in [0.2, 0.25) is 0 Å². The second kappa shape index (κ2) is 9.79. The number of carbonyl (C=O) groups excluding carboxylic acids is 2. The second-order valence-corrected chi connectivity index (χ2v) is 7.08. The summed E-state index contributed by atoms with van der Waals surface area (Å²) < 4.78 is 11.0. The normalized spacial score (nSPS) is 11.3. The van der Waals surface area contributed by atoms with E-state index in [9.17, 15) is 9.59 Å². The van der Waals surface area contributed by atoms with E-state index >= 15 is 0 Å². The first-order valence-corrected chi connectivity index (χ1v) is 8.49. The van der Waals surface area contributed by atoms with E-state index in [1.165, 1.54) is 15.9 Å². The zero-order chi connectivity index (χ0) is 19.7.